The Morgan fingerprint density at radius 3 is 2.64 bits per heavy atom. The van der Waals surface area contributed by atoms with Crippen molar-refractivity contribution >= 4 is 12.1 Å². The van der Waals surface area contributed by atoms with E-state index in [1.54, 1.807) is 36.4 Å². The van der Waals surface area contributed by atoms with Crippen molar-refractivity contribution in [3.8, 4) is 17.2 Å². The van der Waals surface area contributed by atoms with Crippen molar-refractivity contribution in [2.45, 2.75) is 0 Å². The molecule has 0 aliphatic carbocycles. The molecule has 0 saturated heterocycles. The fourth-order valence-electron chi connectivity index (χ4n) is 1.81. The largest absolute Gasteiger partial charge is 0.507 e. The number of carbonyl (C=O) groups excluding carboxylic acids is 1. The van der Waals surface area contributed by atoms with Gasteiger partial charge in [-0.25, -0.2) is 5.43 Å². The van der Waals surface area contributed by atoms with Crippen LogP contribution in [0.3, 0.4) is 0 Å². The standard InChI is InChI=1S/C16H16N2O4/c1-21-12-8-7-11(14(19)9-12)10-17-18-16(20)13-5-3-4-6-15(13)22-2/h3-10,19H,1-2H3,(H,18,20)/b17-10+. The Morgan fingerprint density at radius 2 is 1.95 bits per heavy atom. The first-order valence-electron chi connectivity index (χ1n) is 6.49. The zero-order valence-corrected chi connectivity index (χ0v) is 12.2. The van der Waals surface area contributed by atoms with Crippen LogP contribution in [-0.4, -0.2) is 31.4 Å². The second-order valence-electron chi connectivity index (χ2n) is 4.32. The average Bonchev–Trinajstić information content (AvgIpc) is 2.56. The number of hydrazone groups is 1. The lowest BCUT2D eigenvalue weighted by Crippen LogP contribution is -2.18. The molecule has 22 heavy (non-hydrogen) atoms. The Morgan fingerprint density at radius 1 is 1.18 bits per heavy atom. The molecule has 0 heterocycles. The van der Waals surface area contributed by atoms with Gasteiger partial charge in [0.05, 0.1) is 26.0 Å². The quantitative estimate of drug-likeness (QED) is 0.655. The van der Waals surface area contributed by atoms with E-state index in [9.17, 15) is 9.90 Å². The predicted octanol–water partition coefficient (Wildman–Crippen LogP) is 2.17. The molecule has 6 nitrogen and oxygen atoms in total. The van der Waals surface area contributed by atoms with Crippen LogP contribution in [0.4, 0.5) is 0 Å². The molecule has 0 aliphatic heterocycles. The lowest BCUT2D eigenvalue weighted by Gasteiger charge is -2.06. The first kappa shape index (κ1) is 15.4. The fraction of sp³-hybridized carbons (Fsp3) is 0.125. The Kier molecular flexibility index (Phi) is 4.98. The summed E-state index contributed by atoms with van der Waals surface area (Å²) in [5.41, 5.74) is 3.22. The highest BCUT2D eigenvalue weighted by molar-refractivity contribution is 5.97. The molecule has 0 atom stereocenters. The van der Waals surface area contributed by atoms with Gasteiger partial charge in [-0.1, -0.05) is 12.1 Å². The summed E-state index contributed by atoms with van der Waals surface area (Å²) in [6.45, 7) is 0. The number of carbonyl (C=O) groups is 1. The minimum Gasteiger partial charge on any atom is -0.507 e. The lowest BCUT2D eigenvalue weighted by atomic mass is 10.2. The van der Waals surface area contributed by atoms with Crippen molar-refractivity contribution in [2.24, 2.45) is 5.10 Å². The van der Waals surface area contributed by atoms with E-state index in [0.717, 1.165) is 0 Å². The van der Waals surface area contributed by atoms with E-state index in [-0.39, 0.29) is 5.75 Å². The molecule has 0 bridgehead atoms. The van der Waals surface area contributed by atoms with Crippen LogP contribution in [-0.2, 0) is 0 Å². The summed E-state index contributed by atoms with van der Waals surface area (Å²) in [4.78, 5) is 12.0. The third kappa shape index (κ3) is 3.54. The van der Waals surface area contributed by atoms with Crippen LogP contribution in [0.15, 0.2) is 47.6 Å². The number of rotatable bonds is 5. The van der Waals surface area contributed by atoms with Crippen molar-refractivity contribution in [3.05, 3.63) is 53.6 Å². The molecule has 0 fully saturated rings. The number of ether oxygens (including phenoxy) is 2. The first-order chi connectivity index (χ1) is 10.7. The fourth-order valence-corrected chi connectivity index (χ4v) is 1.81. The Bertz CT molecular complexity index is 698. The van der Waals surface area contributed by atoms with Crippen molar-refractivity contribution in [3.63, 3.8) is 0 Å². The van der Waals surface area contributed by atoms with Gasteiger partial charge in [0.15, 0.2) is 0 Å². The maximum atomic E-state index is 12.0. The third-order valence-corrected chi connectivity index (χ3v) is 2.96. The van der Waals surface area contributed by atoms with Crippen molar-refractivity contribution < 1.29 is 19.4 Å². The summed E-state index contributed by atoms with van der Waals surface area (Å²) in [7, 11) is 3.00. The molecular formula is C16H16N2O4. The first-order valence-corrected chi connectivity index (χ1v) is 6.49. The van der Waals surface area contributed by atoms with Gasteiger partial charge in [-0.05, 0) is 24.3 Å². The highest BCUT2D eigenvalue weighted by Gasteiger charge is 2.10. The number of aromatic hydroxyl groups is 1. The smallest absolute Gasteiger partial charge is 0.275 e. The number of phenolic OH excluding ortho intramolecular Hbond substituents is 1. The van der Waals surface area contributed by atoms with Crippen LogP contribution in [0.5, 0.6) is 17.2 Å². The summed E-state index contributed by atoms with van der Waals surface area (Å²) in [6.07, 6.45) is 1.35. The number of hydrogen-bond donors (Lipinski definition) is 2. The molecule has 2 N–H and O–H groups in total. The van der Waals surface area contributed by atoms with Crippen LogP contribution in [0.25, 0.3) is 0 Å². The zero-order valence-electron chi connectivity index (χ0n) is 12.2. The molecule has 0 spiro atoms. The highest BCUT2D eigenvalue weighted by atomic mass is 16.5. The number of benzene rings is 2. The third-order valence-electron chi connectivity index (χ3n) is 2.96. The van der Waals surface area contributed by atoms with E-state index < -0.39 is 5.91 Å². The number of methoxy groups -OCH3 is 2. The van der Waals surface area contributed by atoms with Crippen molar-refractivity contribution in [2.75, 3.05) is 14.2 Å². The Labute approximate surface area is 128 Å². The molecule has 0 aromatic heterocycles. The molecular weight excluding hydrogens is 284 g/mol. The van der Waals surface area contributed by atoms with Crippen molar-refractivity contribution in [1.82, 2.24) is 5.43 Å². The second-order valence-corrected chi connectivity index (χ2v) is 4.32. The Hall–Kier alpha value is -3.02. The van der Waals surface area contributed by atoms with Gasteiger partial charge in [0.2, 0.25) is 0 Å². The van der Waals surface area contributed by atoms with E-state index in [1.165, 1.54) is 26.5 Å². The second kappa shape index (κ2) is 7.12. The molecule has 0 aliphatic rings. The molecule has 0 radical (unpaired) electrons. The van der Waals surface area contributed by atoms with Gasteiger partial charge in [0.1, 0.15) is 17.2 Å². The maximum absolute atomic E-state index is 12.0. The van der Waals surface area contributed by atoms with Crippen molar-refractivity contribution in [1.29, 1.82) is 0 Å². The summed E-state index contributed by atoms with van der Waals surface area (Å²) >= 11 is 0. The minimum absolute atomic E-state index is 0.00893. The van der Waals surface area contributed by atoms with Gasteiger partial charge in [0, 0.05) is 11.6 Å². The summed E-state index contributed by atoms with van der Waals surface area (Å²) < 4.78 is 10.1. The monoisotopic (exact) mass is 300 g/mol. The average molecular weight is 300 g/mol. The van der Waals surface area contributed by atoms with E-state index in [0.29, 0.717) is 22.6 Å². The van der Waals surface area contributed by atoms with Gasteiger partial charge in [-0.2, -0.15) is 5.10 Å². The van der Waals surface area contributed by atoms with Crippen LogP contribution in [0.2, 0.25) is 0 Å². The topological polar surface area (TPSA) is 80.2 Å². The maximum Gasteiger partial charge on any atom is 0.275 e. The zero-order chi connectivity index (χ0) is 15.9. The molecule has 1 amide bonds. The number of nitrogens with one attached hydrogen (secondary N) is 1. The Balaban J connectivity index is 2.07. The van der Waals surface area contributed by atoms with Crippen LogP contribution < -0.4 is 14.9 Å². The molecule has 0 unspecified atom stereocenters. The van der Waals surface area contributed by atoms with E-state index in [4.69, 9.17) is 9.47 Å². The molecule has 6 heteroatoms. The SMILES string of the molecule is COc1ccc(/C=N/NC(=O)c2ccccc2OC)c(O)c1. The van der Waals surface area contributed by atoms with E-state index >= 15 is 0 Å². The molecule has 2 aromatic carbocycles. The number of nitrogens with zero attached hydrogens (tertiary/aromatic N) is 1. The molecule has 2 aromatic rings. The molecule has 114 valence electrons. The number of hydrogen-bond acceptors (Lipinski definition) is 5. The summed E-state index contributed by atoms with van der Waals surface area (Å²) in [5, 5.41) is 13.6. The van der Waals surface area contributed by atoms with Crippen LogP contribution in [0.1, 0.15) is 15.9 Å². The van der Waals surface area contributed by atoms with Crippen LogP contribution >= 0.6 is 0 Å². The minimum atomic E-state index is -0.401. The van der Waals surface area contributed by atoms with E-state index in [1.807, 2.05) is 0 Å². The number of para-hydroxylation sites is 1. The van der Waals surface area contributed by atoms with Gasteiger partial charge >= 0.3 is 0 Å². The van der Waals surface area contributed by atoms with E-state index in [2.05, 4.69) is 10.5 Å². The summed E-state index contributed by atoms with van der Waals surface area (Å²) in [5.74, 6) is 0.603. The summed E-state index contributed by atoms with van der Waals surface area (Å²) in [6, 6.07) is 11.6. The van der Waals surface area contributed by atoms with Gasteiger partial charge in [-0.3, -0.25) is 4.79 Å². The lowest BCUT2D eigenvalue weighted by molar-refractivity contribution is 0.0952. The van der Waals surface area contributed by atoms with Gasteiger partial charge in [-0.15, -0.1) is 0 Å². The molecule has 0 saturated carbocycles. The van der Waals surface area contributed by atoms with Crippen LogP contribution in [0, 0.1) is 0 Å². The number of phenols is 1. The number of amides is 1. The molecule has 2 rings (SSSR count). The highest BCUT2D eigenvalue weighted by Crippen LogP contribution is 2.21. The predicted molar refractivity (Wildman–Crippen MR) is 82.7 cm³/mol. The van der Waals surface area contributed by atoms with Gasteiger partial charge < -0.3 is 14.6 Å². The van der Waals surface area contributed by atoms with Gasteiger partial charge in [0.25, 0.3) is 5.91 Å². The normalized spacial score (nSPS) is 10.5.